The van der Waals surface area contributed by atoms with E-state index in [0.29, 0.717) is 19.8 Å². The lowest BCUT2D eigenvalue weighted by Crippen LogP contribution is -2.34. The molecule has 2 heterocycles. The number of hydrogen-bond acceptors (Lipinski definition) is 4. The monoisotopic (exact) mass is 435 g/mol. The summed E-state index contributed by atoms with van der Waals surface area (Å²) in [5, 5.41) is 3.01. The zero-order valence-corrected chi connectivity index (χ0v) is 18.9. The smallest absolute Gasteiger partial charge is 0.249 e. The molecule has 1 aliphatic heterocycles. The van der Waals surface area contributed by atoms with Gasteiger partial charge < -0.3 is 19.4 Å². The summed E-state index contributed by atoms with van der Waals surface area (Å²) in [5.41, 5.74) is 3.41. The Morgan fingerprint density at radius 3 is 2.94 bits per heavy atom. The normalized spacial score (nSPS) is 15.8. The van der Waals surface area contributed by atoms with E-state index < -0.39 is 0 Å². The Kier molecular flexibility index (Phi) is 7.77. The van der Waals surface area contributed by atoms with Gasteiger partial charge in [-0.2, -0.15) is 0 Å². The van der Waals surface area contributed by atoms with Gasteiger partial charge in [-0.05, 0) is 68.9 Å². The highest BCUT2D eigenvalue weighted by molar-refractivity contribution is 5.80. The van der Waals surface area contributed by atoms with E-state index in [4.69, 9.17) is 14.5 Å². The third-order valence-corrected chi connectivity index (χ3v) is 5.87. The molecule has 170 valence electrons. The lowest BCUT2D eigenvalue weighted by atomic mass is 10.2. The molecule has 6 nitrogen and oxygen atoms in total. The molecule has 3 aromatic rings. The van der Waals surface area contributed by atoms with Crippen LogP contribution in [0, 0.1) is 6.92 Å². The number of imidazole rings is 1. The molecule has 0 aliphatic carbocycles. The van der Waals surface area contributed by atoms with Crippen LogP contribution in [0.15, 0.2) is 48.5 Å². The number of aryl methyl sites for hydroxylation is 3. The summed E-state index contributed by atoms with van der Waals surface area (Å²) in [6.45, 7) is 5.03. The van der Waals surface area contributed by atoms with Crippen LogP contribution in [0.2, 0.25) is 0 Å². The van der Waals surface area contributed by atoms with Crippen LogP contribution < -0.4 is 10.1 Å². The van der Waals surface area contributed by atoms with E-state index in [1.807, 2.05) is 18.2 Å². The number of para-hydroxylation sites is 2. The molecule has 32 heavy (non-hydrogen) atoms. The second kappa shape index (κ2) is 11.1. The molecule has 1 saturated heterocycles. The number of nitrogens with zero attached hydrogens (tertiary/aromatic N) is 2. The van der Waals surface area contributed by atoms with Crippen LogP contribution in [0.4, 0.5) is 0 Å². The van der Waals surface area contributed by atoms with E-state index in [1.54, 1.807) is 0 Å². The number of hydrogen-bond donors (Lipinski definition) is 1. The van der Waals surface area contributed by atoms with E-state index >= 15 is 0 Å². The molecule has 4 rings (SSSR count). The first-order chi connectivity index (χ1) is 15.7. The molecule has 1 N–H and O–H groups in total. The van der Waals surface area contributed by atoms with Crippen LogP contribution in [0.5, 0.6) is 5.75 Å². The SMILES string of the molecule is Cc1cccc(OCCCCn2c(CCCNC(=O)C3CCCO3)nc3ccccc32)c1. The highest BCUT2D eigenvalue weighted by atomic mass is 16.5. The van der Waals surface area contributed by atoms with Crippen molar-refractivity contribution in [2.75, 3.05) is 19.8 Å². The van der Waals surface area contributed by atoms with E-state index in [-0.39, 0.29) is 12.0 Å². The zero-order chi connectivity index (χ0) is 22.2. The number of nitrogens with one attached hydrogen (secondary N) is 1. The van der Waals surface area contributed by atoms with Gasteiger partial charge in [0, 0.05) is 26.1 Å². The molecule has 1 unspecified atom stereocenters. The maximum atomic E-state index is 12.1. The van der Waals surface area contributed by atoms with Gasteiger partial charge in [-0.3, -0.25) is 4.79 Å². The molecule has 0 spiro atoms. The first-order valence-corrected chi connectivity index (χ1v) is 11.7. The van der Waals surface area contributed by atoms with Gasteiger partial charge in [0.25, 0.3) is 0 Å². The van der Waals surface area contributed by atoms with E-state index in [0.717, 1.165) is 62.2 Å². The number of amides is 1. The largest absolute Gasteiger partial charge is 0.494 e. The summed E-state index contributed by atoms with van der Waals surface area (Å²) < 4.78 is 13.7. The van der Waals surface area contributed by atoms with E-state index in [2.05, 4.69) is 47.1 Å². The van der Waals surface area contributed by atoms with Crippen molar-refractivity contribution >= 4 is 16.9 Å². The second-order valence-corrected chi connectivity index (χ2v) is 8.44. The molecule has 1 aliphatic rings. The minimum absolute atomic E-state index is 0.0182. The molecule has 0 radical (unpaired) electrons. The molecule has 1 fully saturated rings. The van der Waals surface area contributed by atoms with Crippen LogP contribution >= 0.6 is 0 Å². The van der Waals surface area contributed by atoms with Crippen molar-refractivity contribution in [3.63, 3.8) is 0 Å². The van der Waals surface area contributed by atoms with Crippen molar-refractivity contribution in [2.45, 2.75) is 58.1 Å². The number of benzene rings is 2. The molecule has 2 aromatic carbocycles. The maximum Gasteiger partial charge on any atom is 0.249 e. The fraction of sp³-hybridized carbons (Fsp3) is 0.462. The topological polar surface area (TPSA) is 65.4 Å². The highest BCUT2D eigenvalue weighted by Crippen LogP contribution is 2.19. The third-order valence-electron chi connectivity index (χ3n) is 5.87. The lowest BCUT2D eigenvalue weighted by Gasteiger charge is -2.12. The minimum atomic E-state index is -0.262. The number of unbranched alkanes of at least 4 members (excludes halogenated alkanes) is 1. The van der Waals surface area contributed by atoms with Crippen LogP contribution in [-0.4, -0.2) is 41.3 Å². The van der Waals surface area contributed by atoms with Crippen molar-refractivity contribution in [3.8, 4) is 5.75 Å². The zero-order valence-electron chi connectivity index (χ0n) is 18.9. The Morgan fingerprint density at radius 2 is 2.09 bits per heavy atom. The van der Waals surface area contributed by atoms with Crippen LogP contribution in [0.25, 0.3) is 11.0 Å². The molecule has 0 bridgehead atoms. The van der Waals surface area contributed by atoms with Crippen molar-refractivity contribution in [1.29, 1.82) is 0 Å². The predicted molar refractivity (Wildman–Crippen MR) is 126 cm³/mol. The standard InChI is InChI=1S/C26H33N3O3/c1-20-9-6-10-21(19-20)31-17-5-4-16-29-23-12-3-2-11-22(23)28-25(29)14-7-15-27-26(30)24-13-8-18-32-24/h2-3,6,9-12,19,24H,4-5,7-8,13-18H2,1H3,(H,27,30). The van der Waals surface area contributed by atoms with Crippen molar-refractivity contribution in [2.24, 2.45) is 0 Å². The number of rotatable bonds is 11. The molecular formula is C26H33N3O3. The average Bonchev–Trinajstić information content (AvgIpc) is 3.45. The first-order valence-electron chi connectivity index (χ1n) is 11.7. The quantitative estimate of drug-likeness (QED) is 0.453. The van der Waals surface area contributed by atoms with Crippen LogP contribution in [0.3, 0.4) is 0 Å². The molecule has 0 saturated carbocycles. The number of fused-ring (bicyclic) bond motifs is 1. The fourth-order valence-electron chi connectivity index (χ4n) is 4.19. The van der Waals surface area contributed by atoms with Crippen molar-refractivity contribution < 1.29 is 14.3 Å². The van der Waals surface area contributed by atoms with Crippen LogP contribution in [0.1, 0.15) is 43.5 Å². The molecule has 6 heteroatoms. The van der Waals surface area contributed by atoms with Gasteiger partial charge in [0.05, 0.1) is 17.6 Å². The van der Waals surface area contributed by atoms with Gasteiger partial charge in [-0.25, -0.2) is 4.98 Å². The third kappa shape index (κ3) is 5.88. The Morgan fingerprint density at radius 1 is 1.19 bits per heavy atom. The predicted octanol–water partition coefficient (Wildman–Crippen LogP) is 4.43. The maximum absolute atomic E-state index is 12.1. The fourth-order valence-corrected chi connectivity index (χ4v) is 4.19. The van der Waals surface area contributed by atoms with Crippen molar-refractivity contribution in [1.82, 2.24) is 14.9 Å². The van der Waals surface area contributed by atoms with E-state index in [9.17, 15) is 4.79 Å². The van der Waals surface area contributed by atoms with Gasteiger partial charge in [-0.15, -0.1) is 0 Å². The summed E-state index contributed by atoms with van der Waals surface area (Å²) in [6.07, 6.45) is 5.24. The molecule has 1 aromatic heterocycles. The van der Waals surface area contributed by atoms with Crippen LogP contribution in [-0.2, 0) is 22.5 Å². The number of carbonyl (C=O) groups is 1. The Labute approximate surface area is 189 Å². The van der Waals surface area contributed by atoms with Crippen molar-refractivity contribution in [3.05, 3.63) is 59.9 Å². The number of aromatic nitrogens is 2. The van der Waals surface area contributed by atoms with Gasteiger partial charge >= 0.3 is 0 Å². The number of ether oxygens (including phenoxy) is 2. The van der Waals surface area contributed by atoms with E-state index in [1.165, 1.54) is 11.1 Å². The molecular weight excluding hydrogens is 402 g/mol. The molecule has 1 atom stereocenters. The van der Waals surface area contributed by atoms with Gasteiger partial charge in [0.2, 0.25) is 5.91 Å². The Bertz CT molecular complexity index is 1020. The first kappa shape index (κ1) is 22.3. The minimum Gasteiger partial charge on any atom is -0.494 e. The second-order valence-electron chi connectivity index (χ2n) is 8.44. The molecule has 1 amide bonds. The summed E-state index contributed by atoms with van der Waals surface area (Å²) in [7, 11) is 0. The summed E-state index contributed by atoms with van der Waals surface area (Å²) >= 11 is 0. The summed E-state index contributed by atoms with van der Waals surface area (Å²) in [5.74, 6) is 2.03. The lowest BCUT2D eigenvalue weighted by molar-refractivity contribution is -0.130. The van der Waals surface area contributed by atoms with Gasteiger partial charge in [0.15, 0.2) is 0 Å². The Hall–Kier alpha value is -2.86. The van der Waals surface area contributed by atoms with Gasteiger partial charge in [0.1, 0.15) is 17.7 Å². The highest BCUT2D eigenvalue weighted by Gasteiger charge is 2.22. The average molecular weight is 436 g/mol. The summed E-state index contributed by atoms with van der Waals surface area (Å²) in [4.78, 5) is 17.0. The number of carbonyl (C=O) groups excluding carboxylic acids is 1. The Balaban J connectivity index is 1.27. The van der Waals surface area contributed by atoms with Gasteiger partial charge in [-0.1, -0.05) is 24.3 Å². The summed E-state index contributed by atoms with van der Waals surface area (Å²) in [6, 6.07) is 16.5.